The normalized spacial score (nSPS) is 10.3. The molecular weight excluding hydrogens is 218 g/mol. The Bertz CT molecular complexity index is 558. The molecule has 1 aromatic heterocycles. The van der Waals surface area contributed by atoms with Gasteiger partial charge in [0, 0.05) is 0 Å². The molecule has 0 atom stereocenters. The van der Waals surface area contributed by atoms with Crippen LogP contribution >= 0.6 is 0 Å². The van der Waals surface area contributed by atoms with E-state index in [2.05, 4.69) is 5.16 Å². The highest BCUT2D eigenvalue weighted by Gasteiger charge is 2.18. The fraction of sp³-hybridized carbons (Fsp3) is 0.231. The number of nitrogens with zero attached hydrogens (tertiary/aromatic N) is 1. The molecule has 0 unspecified atom stereocenters. The van der Waals surface area contributed by atoms with Crippen molar-refractivity contribution >= 4 is 5.78 Å². The molecule has 1 heterocycles. The SMILES string of the molecule is COc1ccc(C)cc1-c1oncc1C(C)=O. The molecule has 0 radical (unpaired) electrons. The Morgan fingerprint density at radius 2 is 2.18 bits per heavy atom. The summed E-state index contributed by atoms with van der Waals surface area (Å²) in [4.78, 5) is 11.4. The van der Waals surface area contributed by atoms with Crippen LogP contribution in [0.15, 0.2) is 28.9 Å². The molecule has 0 N–H and O–H groups in total. The molecule has 88 valence electrons. The zero-order valence-corrected chi connectivity index (χ0v) is 9.98. The van der Waals surface area contributed by atoms with Gasteiger partial charge in [-0.1, -0.05) is 16.8 Å². The number of ketones is 1. The summed E-state index contributed by atoms with van der Waals surface area (Å²) in [5.74, 6) is 1.04. The Morgan fingerprint density at radius 1 is 1.41 bits per heavy atom. The lowest BCUT2D eigenvalue weighted by Crippen LogP contribution is -1.94. The first-order valence-electron chi connectivity index (χ1n) is 5.24. The number of hydrogen-bond donors (Lipinski definition) is 0. The Hall–Kier alpha value is -2.10. The van der Waals surface area contributed by atoms with Crippen molar-refractivity contribution in [3.63, 3.8) is 0 Å². The van der Waals surface area contributed by atoms with Crippen molar-refractivity contribution in [3.05, 3.63) is 35.5 Å². The topological polar surface area (TPSA) is 52.3 Å². The van der Waals surface area contributed by atoms with Gasteiger partial charge in [-0.05, 0) is 26.0 Å². The second-order valence-corrected chi connectivity index (χ2v) is 3.83. The van der Waals surface area contributed by atoms with Crippen molar-refractivity contribution in [2.45, 2.75) is 13.8 Å². The average Bonchev–Trinajstić information content (AvgIpc) is 2.77. The number of aromatic nitrogens is 1. The molecule has 0 bridgehead atoms. The van der Waals surface area contributed by atoms with Crippen molar-refractivity contribution in [2.75, 3.05) is 7.11 Å². The van der Waals surface area contributed by atoms with Gasteiger partial charge in [-0.25, -0.2) is 0 Å². The van der Waals surface area contributed by atoms with Gasteiger partial charge >= 0.3 is 0 Å². The van der Waals surface area contributed by atoms with Crippen LogP contribution in [0, 0.1) is 6.92 Å². The van der Waals surface area contributed by atoms with Crippen LogP contribution < -0.4 is 4.74 Å². The van der Waals surface area contributed by atoms with E-state index in [0.29, 0.717) is 17.1 Å². The van der Waals surface area contributed by atoms with Crippen LogP contribution in [0.1, 0.15) is 22.8 Å². The van der Waals surface area contributed by atoms with E-state index in [1.807, 2.05) is 25.1 Å². The molecule has 1 aromatic carbocycles. The number of hydrogen-bond acceptors (Lipinski definition) is 4. The van der Waals surface area contributed by atoms with E-state index in [4.69, 9.17) is 9.26 Å². The van der Waals surface area contributed by atoms with E-state index in [0.717, 1.165) is 11.1 Å². The molecular formula is C13H13NO3. The smallest absolute Gasteiger partial charge is 0.181 e. The first-order valence-corrected chi connectivity index (χ1v) is 5.24. The number of rotatable bonds is 3. The number of ether oxygens (including phenoxy) is 1. The average molecular weight is 231 g/mol. The van der Waals surface area contributed by atoms with Gasteiger partial charge in [-0.2, -0.15) is 0 Å². The molecule has 0 saturated heterocycles. The largest absolute Gasteiger partial charge is 0.496 e. The number of carbonyl (C=O) groups is 1. The quantitative estimate of drug-likeness (QED) is 0.762. The first kappa shape index (κ1) is 11.4. The summed E-state index contributed by atoms with van der Waals surface area (Å²) < 4.78 is 10.4. The number of benzene rings is 1. The second-order valence-electron chi connectivity index (χ2n) is 3.83. The molecule has 0 amide bonds. The molecule has 0 aliphatic heterocycles. The van der Waals surface area contributed by atoms with Gasteiger partial charge in [0.25, 0.3) is 0 Å². The minimum absolute atomic E-state index is 0.0789. The van der Waals surface area contributed by atoms with Crippen LogP contribution in [0.3, 0.4) is 0 Å². The summed E-state index contributed by atoms with van der Waals surface area (Å²) in [5, 5.41) is 3.67. The van der Waals surface area contributed by atoms with Gasteiger partial charge in [0.1, 0.15) is 5.75 Å². The molecule has 0 aliphatic carbocycles. The summed E-state index contributed by atoms with van der Waals surface area (Å²) in [6.45, 7) is 3.45. The van der Waals surface area contributed by atoms with Gasteiger partial charge in [0.05, 0.1) is 24.4 Å². The number of carbonyl (C=O) groups excluding carboxylic acids is 1. The predicted molar refractivity (Wildman–Crippen MR) is 63.2 cm³/mol. The lowest BCUT2D eigenvalue weighted by molar-refractivity contribution is 0.101. The van der Waals surface area contributed by atoms with E-state index in [-0.39, 0.29) is 5.78 Å². The van der Waals surface area contributed by atoms with Crippen LogP contribution in [0.2, 0.25) is 0 Å². The van der Waals surface area contributed by atoms with Crippen LogP contribution in [0.5, 0.6) is 5.75 Å². The highest BCUT2D eigenvalue weighted by molar-refractivity contribution is 5.99. The van der Waals surface area contributed by atoms with Gasteiger partial charge in [0.15, 0.2) is 11.5 Å². The Morgan fingerprint density at radius 3 is 2.82 bits per heavy atom. The fourth-order valence-corrected chi connectivity index (χ4v) is 1.68. The monoisotopic (exact) mass is 231 g/mol. The van der Waals surface area contributed by atoms with E-state index in [1.165, 1.54) is 13.1 Å². The van der Waals surface area contributed by atoms with E-state index in [9.17, 15) is 4.79 Å². The summed E-state index contributed by atoms with van der Waals surface area (Å²) in [6, 6.07) is 5.69. The van der Waals surface area contributed by atoms with Crippen LogP contribution in [-0.4, -0.2) is 18.0 Å². The van der Waals surface area contributed by atoms with E-state index < -0.39 is 0 Å². The molecule has 0 fully saturated rings. The molecule has 2 rings (SSSR count). The summed E-state index contributed by atoms with van der Waals surface area (Å²) in [6.07, 6.45) is 1.43. The van der Waals surface area contributed by atoms with Gasteiger partial charge in [-0.15, -0.1) is 0 Å². The summed E-state index contributed by atoms with van der Waals surface area (Å²) in [5.41, 5.74) is 2.27. The van der Waals surface area contributed by atoms with E-state index >= 15 is 0 Å². The van der Waals surface area contributed by atoms with E-state index in [1.54, 1.807) is 7.11 Å². The van der Waals surface area contributed by atoms with Crippen LogP contribution in [0.4, 0.5) is 0 Å². The molecule has 4 heteroatoms. The number of methoxy groups -OCH3 is 1. The molecule has 2 aromatic rings. The van der Waals surface area contributed by atoms with Crippen molar-refractivity contribution < 1.29 is 14.1 Å². The van der Waals surface area contributed by atoms with Gasteiger partial charge in [0.2, 0.25) is 0 Å². The van der Waals surface area contributed by atoms with Crippen molar-refractivity contribution in [2.24, 2.45) is 0 Å². The zero-order chi connectivity index (χ0) is 12.4. The third-order valence-electron chi connectivity index (χ3n) is 2.55. The van der Waals surface area contributed by atoms with Gasteiger partial charge < -0.3 is 9.26 Å². The van der Waals surface area contributed by atoms with Crippen LogP contribution in [-0.2, 0) is 0 Å². The summed E-state index contributed by atoms with van der Waals surface area (Å²) >= 11 is 0. The first-order chi connectivity index (χ1) is 8.13. The minimum atomic E-state index is -0.0789. The number of Topliss-reactive ketones (excluding diaryl/α,β-unsaturated/α-hetero) is 1. The zero-order valence-electron chi connectivity index (χ0n) is 9.98. The lowest BCUT2D eigenvalue weighted by atomic mass is 10.0. The standard InChI is InChI=1S/C13H13NO3/c1-8-4-5-12(16-3)10(6-8)13-11(9(2)15)7-14-17-13/h4-7H,1-3H3. The maximum absolute atomic E-state index is 11.4. The fourth-order valence-electron chi connectivity index (χ4n) is 1.68. The highest BCUT2D eigenvalue weighted by Crippen LogP contribution is 2.33. The molecule has 0 aliphatic rings. The van der Waals surface area contributed by atoms with Crippen LogP contribution in [0.25, 0.3) is 11.3 Å². The maximum atomic E-state index is 11.4. The molecule has 0 saturated carbocycles. The Kier molecular flexibility index (Phi) is 2.95. The van der Waals surface area contributed by atoms with Crippen molar-refractivity contribution in [1.29, 1.82) is 0 Å². The van der Waals surface area contributed by atoms with Crippen molar-refractivity contribution in [3.8, 4) is 17.1 Å². The summed E-state index contributed by atoms with van der Waals surface area (Å²) in [7, 11) is 1.58. The molecule has 17 heavy (non-hydrogen) atoms. The predicted octanol–water partition coefficient (Wildman–Crippen LogP) is 2.86. The maximum Gasteiger partial charge on any atom is 0.181 e. The van der Waals surface area contributed by atoms with Gasteiger partial charge in [-0.3, -0.25) is 4.79 Å². The minimum Gasteiger partial charge on any atom is -0.496 e. The second kappa shape index (κ2) is 4.41. The lowest BCUT2D eigenvalue weighted by Gasteiger charge is -2.07. The van der Waals surface area contributed by atoms with Crippen molar-refractivity contribution in [1.82, 2.24) is 5.16 Å². The Balaban J connectivity index is 2.63. The molecule has 0 spiro atoms. The molecule has 4 nitrogen and oxygen atoms in total. The Labute approximate surface area is 99.2 Å². The third kappa shape index (κ3) is 2.06. The number of aryl methyl sites for hydroxylation is 1. The third-order valence-corrected chi connectivity index (χ3v) is 2.55. The highest BCUT2D eigenvalue weighted by atomic mass is 16.5.